The van der Waals surface area contributed by atoms with E-state index in [-0.39, 0.29) is 5.92 Å². The highest BCUT2D eigenvalue weighted by atomic mass is 28.3. The number of Topliss-reactive ketones (excluding diaryl/α,β-unsaturated/α-hetero) is 1. The predicted molar refractivity (Wildman–Crippen MR) is 78.0 cm³/mol. The van der Waals surface area contributed by atoms with Crippen molar-refractivity contribution in [2.24, 2.45) is 5.92 Å². The largest absolute Gasteiger partial charge is 0.300 e. The number of hydrogen-bond acceptors (Lipinski definition) is 2. The fraction of sp³-hybridized carbons (Fsp3) is 0.800. The van der Waals surface area contributed by atoms with Gasteiger partial charge in [0.15, 0.2) is 0 Å². The molecule has 18 heavy (non-hydrogen) atoms. The van der Waals surface area contributed by atoms with Crippen LogP contribution >= 0.6 is 0 Å². The van der Waals surface area contributed by atoms with Gasteiger partial charge in [-0.25, -0.2) is 0 Å². The molecule has 2 rings (SSSR count). The van der Waals surface area contributed by atoms with E-state index in [2.05, 4.69) is 43.1 Å². The molecule has 0 N–H and O–H groups in total. The molecule has 2 saturated heterocycles. The average molecular weight is 263 g/mol. The molecule has 0 spiro atoms. The third-order valence-electron chi connectivity index (χ3n) is 4.28. The predicted octanol–water partition coefficient (Wildman–Crippen LogP) is 2.70. The van der Waals surface area contributed by atoms with Crippen LogP contribution in [-0.4, -0.2) is 37.9 Å². The van der Waals surface area contributed by atoms with Crippen LogP contribution in [0.4, 0.5) is 0 Å². The monoisotopic (exact) mass is 263 g/mol. The molecular formula is C15H25NOSi. The summed E-state index contributed by atoms with van der Waals surface area (Å²) in [6.07, 6.45) is 5.19. The molecule has 0 amide bonds. The third-order valence-corrected chi connectivity index (χ3v) is 5.21. The number of ketones is 1. The molecule has 3 heteroatoms. The minimum atomic E-state index is -1.32. The first-order valence-corrected chi connectivity index (χ1v) is 10.6. The number of rotatable bonds is 2. The van der Waals surface area contributed by atoms with Crippen molar-refractivity contribution in [2.75, 3.05) is 7.05 Å². The zero-order valence-corrected chi connectivity index (χ0v) is 13.1. The van der Waals surface area contributed by atoms with Crippen LogP contribution in [0.2, 0.25) is 19.6 Å². The zero-order valence-electron chi connectivity index (χ0n) is 12.1. The van der Waals surface area contributed by atoms with E-state index in [9.17, 15) is 4.79 Å². The number of carbonyl (C=O) groups is 1. The van der Waals surface area contributed by atoms with E-state index in [0.29, 0.717) is 24.3 Å². The van der Waals surface area contributed by atoms with E-state index in [1.54, 1.807) is 0 Å². The van der Waals surface area contributed by atoms with Crippen LogP contribution in [0.3, 0.4) is 0 Å². The van der Waals surface area contributed by atoms with E-state index >= 15 is 0 Å². The van der Waals surface area contributed by atoms with Crippen molar-refractivity contribution in [3.63, 3.8) is 0 Å². The van der Waals surface area contributed by atoms with Gasteiger partial charge in [0.05, 0.1) is 6.42 Å². The van der Waals surface area contributed by atoms with Crippen molar-refractivity contribution in [3.05, 3.63) is 0 Å². The Hall–Kier alpha value is -0.593. The molecule has 2 bridgehead atoms. The van der Waals surface area contributed by atoms with Crippen LogP contribution < -0.4 is 0 Å². The summed E-state index contributed by atoms with van der Waals surface area (Å²) in [4.78, 5) is 14.7. The number of carbonyl (C=O) groups excluding carboxylic acids is 1. The smallest absolute Gasteiger partial charge is 0.147 e. The molecule has 2 aliphatic rings. The minimum absolute atomic E-state index is 0.287. The summed E-state index contributed by atoms with van der Waals surface area (Å²) in [6.45, 7) is 6.67. The van der Waals surface area contributed by atoms with Gasteiger partial charge in [0.2, 0.25) is 0 Å². The molecule has 2 fully saturated rings. The quantitative estimate of drug-likeness (QED) is 0.564. The second-order valence-corrected chi connectivity index (χ2v) is 11.7. The summed E-state index contributed by atoms with van der Waals surface area (Å²) in [5.74, 6) is 3.81. The van der Waals surface area contributed by atoms with Crippen LogP contribution in [0.1, 0.15) is 32.1 Å². The van der Waals surface area contributed by atoms with Crippen LogP contribution in [0.5, 0.6) is 0 Å². The number of fused-ring (bicyclic) bond motifs is 2. The maximum atomic E-state index is 12.2. The fourth-order valence-electron chi connectivity index (χ4n) is 3.22. The normalized spacial score (nSPS) is 31.9. The topological polar surface area (TPSA) is 20.3 Å². The summed E-state index contributed by atoms with van der Waals surface area (Å²) in [5, 5.41) is 0. The highest BCUT2D eigenvalue weighted by molar-refractivity contribution is 6.83. The van der Waals surface area contributed by atoms with Crippen molar-refractivity contribution >= 4 is 13.9 Å². The van der Waals surface area contributed by atoms with Gasteiger partial charge in [-0.3, -0.25) is 4.79 Å². The van der Waals surface area contributed by atoms with Gasteiger partial charge >= 0.3 is 0 Å². The van der Waals surface area contributed by atoms with Gasteiger partial charge in [0.1, 0.15) is 13.9 Å². The molecule has 0 aromatic carbocycles. The Labute approximate surface area is 112 Å². The molecule has 0 aliphatic carbocycles. The highest BCUT2D eigenvalue weighted by Crippen LogP contribution is 2.37. The van der Waals surface area contributed by atoms with Gasteiger partial charge in [-0.2, -0.15) is 0 Å². The Balaban J connectivity index is 1.89. The lowest BCUT2D eigenvalue weighted by Gasteiger charge is -2.35. The van der Waals surface area contributed by atoms with E-state index in [4.69, 9.17) is 0 Å². The van der Waals surface area contributed by atoms with E-state index < -0.39 is 8.07 Å². The maximum Gasteiger partial charge on any atom is 0.147 e. The first-order valence-electron chi connectivity index (χ1n) is 7.11. The molecule has 2 nitrogen and oxygen atoms in total. The van der Waals surface area contributed by atoms with Crippen LogP contribution in [0.15, 0.2) is 0 Å². The lowest BCUT2D eigenvalue weighted by Crippen LogP contribution is -2.41. The lowest BCUT2D eigenvalue weighted by molar-refractivity contribution is -0.124. The van der Waals surface area contributed by atoms with Gasteiger partial charge in [-0.05, 0) is 32.7 Å². The van der Waals surface area contributed by atoms with E-state index in [1.807, 2.05) is 0 Å². The number of hydrogen-bond donors (Lipinski definition) is 0. The van der Waals surface area contributed by atoms with Gasteiger partial charge in [-0.1, -0.05) is 19.6 Å². The molecule has 0 aromatic rings. The highest BCUT2D eigenvalue weighted by Gasteiger charge is 2.40. The molecular weight excluding hydrogens is 238 g/mol. The molecule has 100 valence electrons. The Morgan fingerprint density at radius 2 is 1.78 bits per heavy atom. The maximum absolute atomic E-state index is 12.2. The van der Waals surface area contributed by atoms with Gasteiger partial charge in [0.25, 0.3) is 0 Å². The molecule has 2 heterocycles. The van der Waals surface area contributed by atoms with E-state index in [1.165, 1.54) is 12.8 Å². The van der Waals surface area contributed by atoms with Crippen molar-refractivity contribution in [1.82, 2.24) is 4.90 Å². The average Bonchev–Trinajstić information content (AvgIpc) is 2.51. The van der Waals surface area contributed by atoms with Gasteiger partial charge in [0, 0.05) is 18.0 Å². The second-order valence-electron chi connectivity index (χ2n) is 6.91. The molecule has 2 atom stereocenters. The second kappa shape index (κ2) is 5.18. The lowest BCUT2D eigenvalue weighted by atomic mass is 9.87. The van der Waals surface area contributed by atoms with Crippen LogP contribution in [-0.2, 0) is 4.79 Å². The van der Waals surface area contributed by atoms with E-state index in [0.717, 1.165) is 12.8 Å². The van der Waals surface area contributed by atoms with Crippen molar-refractivity contribution < 1.29 is 4.79 Å². The zero-order chi connectivity index (χ0) is 13.3. The van der Waals surface area contributed by atoms with Crippen LogP contribution in [0.25, 0.3) is 0 Å². The van der Waals surface area contributed by atoms with Crippen LogP contribution in [0, 0.1) is 17.4 Å². The first-order chi connectivity index (χ1) is 8.37. The first kappa shape index (κ1) is 13.8. The summed E-state index contributed by atoms with van der Waals surface area (Å²) in [5.41, 5.74) is 3.30. The van der Waals surface area contributed by atoms with Crippen molar-refractivity contribution in [3.8, 4) is 11.5 Å². The molecule has 0 radical (unpaired) electrons. The number of nitrogens with zero attached hydrogens (tertiary/aromatic N) is 1. The van der Waals surface area contributed by atoms with Gasteiger partial charge < -0.3 is 4.90 Å². The molecule has 0 aromatic heterocycles. The third kappa shape index (κ3) is 3.24. The molecule has 2 unspecified atom stereocenters. The minimum Gasteiger partial charge on any atom is -0.300 e. The van der Waals surface area contributed by atoms with Crippen molar-refractivity contribution in [2.45, 2.75) is 63.8 Å². The SMILES string of the molecule is CN1C2CCC1CC(C(=O)CC#C[Si](C)(C)C)C2. The standard InChI is InChI=1S/C15H25NOSi/c1-16-13-7-8-14(16)11-12(10-13)15(17)6-5-9-18(2,3)4/h12-14H,6-8,10-11H2,1-4H3. The molecule has 2 aliphatic heterocycles. The Bertz CT molecular complexity index is 374. The number of piperidine rings is 1. The Morgan fingerprint density at radius 3 is 2.28 bits per heavy atom. The molecule has 0 saturated carbocycles. The summed E-state index contributed by atoms with van der Waals surface area (Å²) >= 11 is 0. The summed E-state index contributed by atoms with van der Waals surface area (Å²) < 4.78 is 0. The van der Waals surface area contributed by atoms with Gasteiger partial charge in [-0.15, -0.1) is 11.5 Å². The Morgan fingerprint density at radius 1 is 1.22 bits per heavy atom. The van der Waals surface area contributed by atoms with Crippen molar-refractivity contribution in [1.29, 1.82) is 0 Å². The Kier molecular flexibility index (Phi) is 3.98. The fourth-order valence-corrected chi connectivity index (χ4v) is 3.83. The summed E-state index contributed by atoms with van der Waals surface area (Å²) in [6, 6.07) is 1.31. The summed E-state index contributed by atoms with van der Waals surface area (Å²) in [7, 11) is 0.896.